The lowest BCUT2D eigenvalue weighted by Gasteiger charge is -2.49. The Hall–Kier alpha value is -2.01. The summed E-state index contributed by atoms with van der Waals surface area (Å²) in [6.45, 7) is 4.58. The molecule has 0 amide bonds. The van der Waals surface area contributed by atoms with E-state index >= 15 is 0 Å². The molecule has 0 unspecified atom stereocenters. The normalized spacial score (nSPS) is 26.9. The van der Waals surface area contributed by atoms with Crippen molar-refractivity contribution in [3.63, 3.8) is 0 Å². The van der Waals surface area contributed by atoms with Crippen molar-refractivity contribution in [3.05, 3.63) is 29.8 Å². The molecule has 1 spiro atoms. The van der Waals surface area contributed by atoms with E-state index in [9.17, 15) is 21.6 Å². The molecule has 0 aromatic carbocycles. The number of halogens is 3. The monoisotopic (exact) mass is 497 g/mol. The fourth-order valence-electron chi connectivity index (χ4n) is 5.95. The van der Waals surface area contributed by atoms with E-state index in [1.54, 1.807) is 0 Å². The molecule has 5 rings (SSSR count). The van der Waals surface area contributed by atoms with Gasteiger partial charge in [0.05, 0.1) is 11.5 Å². The summed E-state index contributed by atoms with van der Waals surface area (Å²) < 4.78 is 63.6. The van der Waals surface area contributed by atoms with Crippen LogP contribution in [0.1, 0.15) is 62.9 Å². The molecule has 186 valence electrons. The van der Waals surface area contributed by atoms with Crippen molar-refractivity contribution in [3.8, 4) is 11.4 Å². The van der Waals surface area contributed by atoms with Gasteiger partial charge in [-0.25, -0.2) is 18.1 Å². The van der Waals surface area contributed by atoms with Crippen molar-refractivity contribution in [1.82, 2.24) is 24.6 Å². The number of aromatic nitrogens is 4. The zero-order valence-corrected chi connectivity index (χ0v) is 20.1. The molecule has 1 aliphatic carbocycles. The third-order valence-electron chi connectivity index (χ3n) is 7.80. The zero-order chi connectivity index (χ0) is 24.1. The minimum absolute atomic E-state index is 0.0354. The first-order valence-corrected chi connectivity index (χ1v) is 13.8. The highest BCUT2D eigenvalue weighted by Gasteiger charge is 2.50. The molecule has 0 bridgehead atoms. The fourth-order valence-corrected chi connectivity index (χ4v) is 8.31. The van der Waals surface area contributed by atoms with Crippen LogP contribution in [0.5, 0.6) is 0 Å². The van der Waals surface area contributed by atoms with Gasteiger partial charge in [0.2, 0.25) is 0 Å². The Labute approximate surface area is 197 Å². The number of rotatable bonds is 4. The number of hydrogen-bond acceptors (Lipinski definition) is 6. The van der Waals surface area contributed by atoms with Gasteiger partial charge in [-0.3, -0.25) is 4.98 Å². The maximum Gasteiger partial charge on any atom is 0.433 e. The molecule has 2 aromatic heterocycles. The summed E-state index contributed by atoms with van der Waals surface area (Å²) in [7, 11) is -2.79. The van der Waals surface area contributed by atoms with E-state index in [-0.39, 0.29) is 11.3 Å². The minimum atomic E-state index is -4.47. The second-order valence-electron chi connectivity index (χ2n) is 10.1. The van der Waals surface area contributed by atoms with Crippen molar-refractivity contribution in [1.29, 1.82) is 0 Å². The van der Waals surface area contributed by atoms with E-state index < -0.39 is 21.7 Å². The van der Waals surface area contributed by atoms with Crippen LogP contribution in [-0.2, 0) is 22.6 Å². The SMILES string of the molecule is CCn1nc(-c2ccc(C(F)(F)F)nc2)nc1[C@H]1CC[C@@H](N2CCC3(CC2)CS(=O)(=O)C3)CC1. The molecule has 2 aromatic rings. The molecule has 3 aliphatic rings. The average molecular weight is 498 g/mol. The van der Waals surface area contributed by atoms with Gasteiger partial charge in [-0.2, -0.15) is 18.3 Å². The Balaban J connectivity index is 1.21. The summed E-state index contributed by atoms with van der Waals surface area (Å²) >= 11 is 0. The third kappa shape index (κ3) is 4.60. The minimum Gasteiger partial charge on any atom is -0.300 e. The number of aryl methyl sites for hydroxylation is 1. The number of piperidine rings is 1. The molecule has 1 saturated carbocycles. The quantitative estimate of drug-likeness (QED) is 0.637. The molecular formula is C23H30F3N5O2S. The standard InChI is InChI=1S/C23H30F3N5O2S/c1-2-31-21(28-20(29-31)17-5-8-19(27-13-17)23(24,25)26)16-3-6-18(7-4-16)30-11-9-22(10-12-30)14-34(32,33)15-22/h5,8,13,16,18H,2-4,6-7,9-12,14-15H2,1H3/t16-,18+. The van der Waals surface area contributed by atoms with Crippen LogP contribution < -0.4 is 0 Å². The van der Waals surface area contributed by atoms with E-state index in [1.165, 1.54) is 12.3 Å². The third-order valence-corrected chi connectivity index (χ3v) is 9.91. The van der Waals surface area contributed by atoms with Crippen LogP contribution >= 0.6 is 0 Å². The molecule has 2 saturated heterocycles. The van der Waals surface area contributed by atoms with Crippen molar-refractivity contribution in [2.45, 2.75) is 70.1 Å². The molecule has 0 radical (unpaired) electrons. The largest absolute Gasteiger partial charge is 0.433 e. The fraction of sp³-hybridized carbons (Fsp3) is 0.696. The number of pyridine rings is 1. The summed E-state index contributed by atoms with van der Waals surface area (Å²) in [6, 6.07) is 2.86. The molecule has 11 heteroatoms. The van der Waals surface area contributed by atoms with Gasteiger partial charge in [-0.15, -0.1) is 0 Å². The maximum atomic E-state index is 12.8. The molecule has 3 fully saturated rings. The van der Waals surface area contributed by atoms with Crippen molar-refractivity contribution >= 4 is 9.84 Å². The van der Waals surface area contributed by atoms with Gasteiger partial charge in [-0.1, -0.05) is 0 Å². The van der Waals surface area contributed by atoms with Crippen LogP contribution in [0.2, 0.25) is 0 Å². The Kier molecular flexibility index (Phi) is 5.99. The Morgan fingerprint density at radius 3 is 2.29 bits per heavy atom. The van der Waals surface area contributed by atoms with E-state index in [1.807, 2.05) is 11.6 Å². The van der Waals surface area contributed by atoms with Crippen molar-refractivity contribution < 1.29 is 21.6 Å². The van der Waals surface area contributed by atoms with Gasteiger partial charge in [-0.05, 0) is 70.7 Å². The average Bonchev–Trinajstić information content (AvgIpc) is 3.22. The van der Waals surface area contributed by atoms with Crippen LogP contribution in [0.25, 0.3) is 11.4 Å². The molecular weight excluding hydrogens is 467 g/mol. The predicted molar refractivity (Wildman–Crippen MR) is 121 cm³/mol. The van der Waals surface area contributed by atoms with Gasteiger partial charge >= 0.3 is 6.18 Å². The molecule has 0 atom stereocenters. The smallest absolute Gasteiger partial charge is 0.300 e. The van der Waals surface area contributed by atoms with E-state index in [0.29, 0.717) is 35.5 Å². The first kappa shape index (κ1) is 23.7. The number of alkyl halides is 3. The number of hydrogen-bond donors (Lipinski definition) is 0. The van der Waals surface area contributed by atoms with Gasteiger partial charge in [0.25, 0.3) is 0 Å². The highest BCUT2D eigenvalue weighted by atomic mass is 32.2. The predicted octanol–water partition coefficient (Wildman–Crippen LogP) is 3.92. The summed E-state index contributed by atoms with van der Waals surface area (Å²) in [5, 5.41) is 4.54. The first-order chi connectivity index (χ1) is 16.1. The van der Waals surface area contributed by atoms with E-state index in [2.05, 4.69) is 15.0 Å². The lowest BCUT2D eigenvalue weighted by atomic mass is 9.79. The molecule has 4 heterocycles. The lowest BCUT2D eigenvalue weighted by molar-refractivity contribution is -0.141. The Bertz CT molecular complexity index is 1120. The maximum absolute atomic E-state index is 12.8. The summed E-state index contributed by atoms with van der Waals surface area (Å²) in [5.41, 5.74) is -0.407. The zero-order valence-electron chi connectivity index (χ0n) is 19.3. The summed E-state index contributed by atoms with van der Waals surface area (Å²) in [4.78, 5) is 10.8. The van der Waals surface area contributed by atoms with Crippen LogP contribution in [0.4, 0.5) is 13.2 Å². The first-order valence-electron chi connectivity index (χ1n) is 12.0. The van der Waals surface area contributed by atoms with E-state index in [0.717, 1.165) is 63.5 Å². The second kappa shape index (κ2) is 8.58. The van der Waals surface area contributed by atoms with Crippen LogP contribution in [0.3, 0.4) is 0 Å². The van der Waals surface area contributed by atoms with Crippen LogP contribution in [0, 0.1) is 5.41 Å². The van der Waals surface area contributed by atoms with Gasteiger partial charge < -0.3 is 4.90 Å². The van der Waals surface area contributed by atoms with Crippen molar-refractivity contribution in [2.24, 2.45) is 5.41 Å². The lowest BCUT2D eigenvalue weighted by Crippen LogP contribution is -2.56. The molecule has 2 aliphatic heterocycles. The Morgan fingerprint density at radius 2 is 1.76 bits per heavy atom. The molecule has 0 N–H and O–H groups in total. The van der Waals surface area contributed by atoms with Gasteiger partial charge in [0.15, 0.2) is 15.7 Å². The topological polar surface area (TPSA) is 81.0 Å². The van der Waals surface area contributed by atoms with E-state index in [4.69, 9.17) is 4.98 Å². The summed E-state index contributed by atoms with van der Waals surface area (Å²) in [6.07, 6.45) is 2.77. The van der Waals surface area contributed by atoms with Gasteiger partial charge in [0, 0.05) is 35.7 Å². The van der Waals surface area contributed by atoms with Gasteiger partial charge in [0.1, 0.15) is 11.5 Å². The molecule has 7 nitrogen and oxygen atoms in total. The van der Waals surface area contributed by atoms with Crippen LogP contribution in [-0.4, -0.2) is 63.7 Å². The second-order valence-corrected chi connectivity index (χ2v) is 12.2. The number of sulfone groups is 1. The highest BCUT2D eigenvalue weighted by Crippen LogP contribution is 2.44. The van der Waals surface area contributed by atoms with Crippen molar-refractivity contribution in [2.75, 3.05) is 24.6 Å². The van der Waals surface area contributed by atoms with Crippen LogP contribution in [0.15, 0.2) is 18.3 Å². The highest BCUT2D eigenvalue weighted by molar-refractivity contribution is 7.92. The Morgan fingerprint density at radius 1 is 1.09 bits per heavy atom. The molecule has 34 heavy (non-hydrogen) atoms. The summed E-state index contributed by atoms with van der Waals surface area (Å²) in [5.74, 6) is 2.31. The number of nitrogens with zero attached hydrogens (tertiary/aromatic N) is 5. The number of likely N-dealkylation sites (tertiary alicyclic amines) is 1.